The summed E-state index contributed by atoms with van der Waals surface area (Å²) in [6.07, 6.45) is 5.10. The second-order valence-electron chi connectivity index (χ2n) is 3.50. The first-order valence-corrected chi connectivity index (χ1v) is 4.81. The maximum absolute atomic E-state index is 11.5. The first-order valence-electron chi connectivity index (χ1n) is 4.81. The number of ketones is 1. The van der Waals surface area contributed by atoms with E-state index >= 15 is 0 Å². The quantitative estimate of drug-likeness (QED) is 0.745. The number of carbonyl (C=O) groups excluding carboxylic acids is 1. The molecule has 1 atom stereocenters. The number of Topliss-reactive ketones (excluding diaryl/α,β-unsaturated/α-hetero) is 1. The molecule has 0 saturated carbocycles. The van der Waals surface area contributed by atoms with Gasteiger partial charge in [-0.25, -0.2) is 0 Å². The van der Waals surface area contributed by atoms with E-state index in [0.29, 0.717) is 6.42 Å². The van der Waals surface area contributed by atoms with Crippen LogP contribution in [-0.4, -0.2) is 28.7 Å². The molecule has 1 aromatic heterocycles. The number of likely N-dealkylation sites (N-methyl/N-ethyl adjacent to an activating group) is 1. The van der Waals surface area contributed by atoms with Crippen molar-refractivity contribution in [1.82, 2.24) is 15.1 Å². The maximum Gasteiger partial charge on any atom is 0.149 e. The lowest BCUT2D eigenvalue weighted by Gasteiger charge is -2.07. The van der Waals surface area contributed by atoms with Gasteiger partial charge in [-0.1, -0.05) is 0 Å². The molecule has 1 rings (SSSR count). The van der Waals surface area contributed by atoms with Crippen molar-refractivity contribution >= 4 is 5.78 Å². The monoisotopic (exact) mass is 195 g/mol. The Morgan fingerprint density at radius 3 is 2.93 bits per heavy atom. The molecule has 4 nitrogen and oxygen atoms in total. The Balaban J connectivity index is 2.37. The van der Waals surface area contributed by atoms with E-state index in [1.54, 1.807) is 17.9 Å². The van der Waals surface area contributed by atoms with Crippen molar-refractivity contribution in [3.63, 3.8) is 0 Å². The second-order valence-corrected chi connectivity index (χ2v) is 3.50. The Kier molecular flexibility index (Phi) is 3.83. The van der Waals surface area contributed by atoms with Gasteiger partial charge in [0.25, 0.3) is 0 Å². The summed E-state index contributed by atoms with van der Waals surface area (Å²) in [7, 11) is 3.67. The highest BCUT2D eigenvalue weighted by Gasteiger charge is 2.10. The molecular formula is C10H17N3O. The number of rotatable bonds is 5. The smallest absolute Gasteiger partial charge is 0.149 e. The van der Waals surface area contributed by atoms with E-state index in [9.17, 15) is 4.79 Å². The summed E-state index contributed by atoms with van der Waals surface area (Å²) in [4.78, 5) is 11.5. The van der Waals surface area contributed by atoms with E-state index in [1.165, 1.54) is 0 Å². The minimum atomic E-state index is -0.0494. The van der Waals surface area contributed by atoms with Gasteiger partial charge < -0.3 is 5.32 Å². The zero-order valence-corrected chi connectivity index (χ0v) is 8.95. The van der Waals surface area contributed by atoms with Gasteiger partial charge in [0.05, 0.1) is 12.2 Å². The predicted molar refractivity (Wildman–Crippen MR) is 55.1 cm³/mol. The van der Waals surface area contributed by atoms with Crippen molar-refractivity contribution in [2.75, 3.05) is 7.05 Å². The van der Waals surface area contributed by atoms with E-state index in [1.807, 2.05) is 20.2 Å². The molecule has 0 aliphatic carbocycles. The van der Waals surface area contributed by atoms with Crippen LogP contribution >= 0.6 is 0 Å². The van der Waals surface area contributed by atoms with Gasteiger partial charge in [-0.15, -0.1) is 0 Å². The fourth-order valence-corrected chi connectivity index (χ4v) is 1.25. The standard InChI is InChI=1S/C10H17N3O/c1-8(11-2)10(14)5-4-9-6-12-13(3)7-9/h6-8,11H,4-5H2,1-3H3. The molecule has 0 saturated heterocycles. The first-order chi connectivity index (χ1) is 6.63. The highest BCUT2D eigenvalue weighted by atomic mass is 16.1. The van der Waals surface area contributed by atoms with Crippen molar-refractivity contribution in [3.8, 4) is 0 Å². The summed E-state index contributed by atoms with van der Waals surface area (Å²) in [5.41, 5.74) is 1.11. The summed E-state index contributed by atoms with van der Waals surface area (Å²) in [5, 5.41) is 6.99. The number of aromatic nitrogens is 2. The van der Waals surface area contributed by atoms with Crippen molar-refractivity contribution in [2.24, 2.45) is 7.05 Å². The molecule has 0 aliphatic rings. The summed E-state index contributed by atoms with van der Waals surface area (Å²) >= 11 is 0. The van der Waals surface area contributed by atoms with Crippen LogP contribution in [-0.2, 0) is 18.3 Å². The average Bonchev–Trinajstić information content (AvgIpc) is 2.59. The molecule has 78 valence electrons. The Bertz CT molecular complexity index is 306. The van der Waals surface area contributed by atoms with Gasteiger partial charge in [0.1, 0.15) is 5.78 Å². The zero-order valence-electron chi connectivity index (χ0n) is 8.95. The molecule has 0 aliphatic heterocycles. The van der Waals surface area contributed by atoms with E-state index in [0.717, 1.165) is 12.0 Å². The number of carbonyl (C=O) groups is 1. The third kappa shape index (κ3) is 2.96. The van der Waals surface area contributed by atoms with E-state index in [4.69, 9.17) is 0 Å². The summed E-state index contributed by atoms with van der Waals surface area (Å²) in [6.45, 7) is 1.88. The SMILES string of the molecule is CNC(C)C(=O)CCc1cnn(C)c1. The van der Waals surface area contributed by atoms with Gasteiger partial charge >= 0.3 is 0 Å². The normalized spacial score (nSPS) is 12.8. The number of hydrogen-bond acceptors (Lipinski definition) is 3. The molecule has 0 amide bonds. The summed E-state index contributed by atoms with van der Waals surface area (Å²) in [5.74, 6) is 0.247. The summed E-state index contributed by atoms with van der Waals surface area (Å²) < 4.78 is 1.75. The molecule has 4 heteroatoms. The van der Waals surface area contributed by atoms with E-state index < -0.39 is 0 Å². The van der Waals surface area contributed by atoms with Crippen molar-refractivity contribution in [1.29, 1.82) is 0 Å². The van der Waals surface area contributed by atoms with Crippen LogP contribution < -0.4 is 5.32 Å². The predicted octanol–water partition coefficient (Wildman–Crippen LogP) is 0.530. The van der Waals surface area contributed by atoms with Crippen molar-refractivity contribution in [2.45, 2.75) is 25.8 Å². The molecule has 1 N–H and O–H groups in total. The minimum absolute atomic E-state index is 0.0494. The van der Waals surface area contributed by atoms with Crippen LogP contribution in [0.3, 0.4) is 0 Å². The molecule has 0 spiro atoms. The Labute approximate surface area is 84.3 Å². The number of nitrogens with zero attached hydrogens (tertiary/aromatic N) is 2. The van der Waals surface area contributed by atoms with Gasteiger partial charge in [-0.2, -0.15) is 5.10 Å². The highest BCUT2D eigenvalue weighted by molar-refractivity contribution is 5.83. The lowest BCUT2D eigenvalue weighted by Crippen LogP contribution is -2.30. The molecule has 0 aromatic carbocycles. The summed E-state index contributed by atoms with van der Waals surface area (Å²) in [6, 6.07) is -0.0494. The average molecular weight is 195 g/mol. The molecular weight excluding hydrogens is 178 g/mol. The highest BCUT2D eigenvalue weighted by Crippen LogP contribution is 2.02. The molecule has 0 radical (unpaired) electrons. The second kappa shape index (κ2) is 4.91. The Morgan fingerprint density at radius 2 is 2.43 bits per heavy atom. The van der Waals surface area contributed by atoms with Gasteiger partial charge in [0.2, 0.25) is 0 Å². The van der Waals surface area contributed by atoms with Crippen molar-refractivity contribution < 1.29 is 4.79 Å². The van der Waals surface area contributed by atoms with Crippen LogP contribution in [0.4, 0.5) is 0 Å². The third-order valence-electron chi connectivity index (χ3n) is 2.33. The third-order valence-corrected chi connectivity index (χ3v) is 2.33. The molecule has 1 aromatic rings. The molecule has 0 bridgehead atoms. The molecule has 14 heavy (non-hydrogen) atoms. The first kappa shape index (κ1) is 10.9. The molecule has 1 unspecified atom stereocenters. The Hall–Kier alpha value is -1.16. The maximum atomic E-state index is 11.5. The van der Waals surface area contributed by atoms with Crippen LogP contribution in [0, 0.1) is 0 Å². The van der Waals surface area contributed by atoms with E-state index in [-0.39, 0.29) is 11.8 Å². The van der Waals surface area contributed by atoms with Gasteiger partial charge in [0, 0.05) is 19.7 Å². The van der Waals surface area contributed by atoms with Crippen LogP contribution in [0.15, 0.2) is 12.4 Å². The minimum Gasteiger partial charge on any atom is -0.311 e. The largest absolute Gasteiger partial charge is 0.311 e. The van der Waals surface area contributed by atoms with Crippen LogP contribution in [0.1, 0.15) is 18.9 Å². The van der Waals surface area contributed by atoms with Gasteiger partial charge in [0.15, 0.2) is 0 Å². The van der Waals surface area contributed by atoms with E-state index in [2.05, 4.69) is 10.4 Å². The number of nitrogens with one attached hydrogen (secondary N) is 1. The fourth-order valence-electron chi connectivity index (χ4n) is 1.25. The number of aryl methyl sites for hydroxylation is 2. The lowest BCUT2D eigenvalue weighted by atomic mass is 10.1. The number of hydrogen-bond donors (Lipinski definition) is 1. The fraction of sp³-hybridized carbons (Fsp3) is 0.600. The van der Waals surface area contributed by atoms with Crippen LogP contribution in [0.25, 0.3) is 0 Å². The molecule has 0 fully saturated rings. The zero-order chi connectivity index (χ0) is 10.6. The topological polar surface area (TPSA) is 46.9 Å². The van der Waals surface area contributed by atoms with Crippen molar-refractivity contribution in [3.05, 3.63) is 18.0 Å². The van der Waals surface area contributed by atoms with Gasteiger partial charge in [-0.05, 0) is 26.0 Å². The van der Waals surface area contributed by atoms with Crippen LogP contribution in [0.2, 0.25) is 0 Å². The van der Waals surface area contributed by atoms with Crippen LogP contribution in [0.5, 0.6) is 0 Å². The van der Waals surface area contributed by atoms with Gasteiger partial charge in [-0.3, -0.25) is 9.48 Å². The molecule has 1 heterocycles. The lowest BCUT2D eigenvalue weighted by molar-refractivity contribution is -0.120. The Morgan fingerprint density at radius 1 is 1.71 bits per heavy atom.